The summed E-state index contributed by atoms with van der Waals surface area (Å²) in [5, 5.41) is 13.3. The molecule has 0 bridgehead atoms. The molecular weight excluding hydrogens is 232 g/mol. The van der Waals surface area contributed by atoms with Gasteiger partial charge < -0.3 is 15.6 Å². The first-order valence-corrected chi connectivity index (χ1v) is 5.57. The molecule has 0 spiro atoms. The van der Waals surface area contributed by atoms with Crippen LogP contribution in [0.3, 0.4) is 0 Å². The molecule has 94 valence electrons. The summed E-state index contributed by atoms with van der Waals surface area (Å²) in [5.74, 6) is 1.30. The van der Waals surface area contributed by atoms with Gasteiger partial charge in [0.05, 0.1) is 0 Å². The van der Waals surface area contributed by atoms with Crippen LogP contribution in [0.2, 0.25) is 0 Å². The summed E-state index contributed by atoms with van der Waals surface area (Å²) in [6.45, 7) is 0.696. The van der Waals surface area contributed by atoms with Crippen LogP contribution in [0.25, 0.3) is 0 Å². The van der Waals surface area contributed by atoms with E-state index in [-0.39, 0.29) is 5.91 Å². The number of amides is 1. The predicted molar refractivity (Wildman–Crippen MR) is 66.2 cm³/mol. The Hall–Kier alpha value is -2.44. The summed E-state index contributed by atoms with van der Waals surface area (Å²) < 4.78 is 0. The van der Waals surface area contributed by atoms with Crippen LogP contribution in [-0.4, -0.2) is 39.7 Å². The third-order valence-electron chi connectivity index (χ3n) is 2.35. The zero-order valence-electron chi connectivity index (χ0n) is 9.97. The first kappa shape index (κ1) is 12.0. The molecule has 3 N–H and O–H groups in total. The zero-order valence-corrected chi connectivity index (χ0v) is 9.97. The zero-order chi connectivity index (χ0) is 12.8. The molecule has 1 amide bonds. The lowest BCUT2D eigenvalue weighted by Gasteiger charge is -2.04. The molecule has 18 heavy (non-hydrogen) atoms. The lowest BCUT2D eigenvalue weighted by molar-refractivity contribution is 0.0957. The summed E-state index contributed by atoms with van der Waals surface area (Å²) in [7, 11) is 1.56. The molecule has 0 aliphatic rings. The fourth-order valence-electron chi connectivity index (χ4n) is 1.42. The van der Waals surface area contributed by atoms with E-state index in [0.717, 1.165) is 12.2 Å². The molecular formula is C11H14N6O. The van der Waals surface area contributed by atoms with Gasteiger partial charge >= 0.3 is 0 Å². The number of nitrogens with one attached hydrogen (secondary N) is 3. The van der Waals surface area contributed by atoms with Gasteiger partial charge in [0.1, 0.15) is 11.6 Å². The first-order valence-electron chi connectivity index (χ1n) is 5.57. The molecule has 0 saturated carbocycles. The van der Waals surface area contributed by atoms with Crippen LogP contribution >= 0.6 is 0 Å². The standard InChI is InChI=1S/C11H14N6O/c1-12-11(18)8-2-3-10(17-16-8)13-5-4-9-14-6-7-15-9/h2-3,6-7H,4-5H2,1H3,(H,12,18)(H,13,17)(H,14,15). The molecule has 2 aromatic heterocycles. The van der Waals surface area contributed by atoms with Gasteiger partial charge in [0.25, 0.3) is 5.91 Å². The molecule has 7 nitrogen and oxygen atoms in total. The fourth-order valence-corrected chi connectivity index (χ4v) is 1.42. The van der Waals surface area contributed by atoms with Gasteiger partial charge in [0.15, 0.2) is 5.69 Å². The van der Waals surface area contributed by atoms with E-state index in [4.69, 9.17) is 0 Å². The number of nitrogens with zero attached hydrogens (tertiary/aromatic N) is 3. The van der Waals surface area contributed by atoms with E-state index in [0.29, 0.717) is 18.1 Å². The Morgan fingerprint density at radius 3 is 2.89 bits per heavy atom. The van der Waals surface area contributed by atoms with Crippen LogP contribution in [0.5, 0.6) is 0 Å². The second kappa shape index (κ2) is 5.76. The monoisotopic (exact) mass is 246 g/mol. The molecule has 2 rings (SSSR count). The van der Waals surface area contributed by atoms with E-state index in [9.17, 15) is 4.79 Å². The molecule has 0 aromatic carbocycles. The van der Waals surface area contributed by atoms with Crippen molar-refractivity contribution in [1.29, 1.82) is 0 Å². The quantitative estimate of drug-likeness (QED) is 0.701. The number of carbonyl (C=O) groups is 1. The molecule has 2 aromatic rings. The summed E-state index contributed by atoms with van der Waals surface area (Å²) in [4.78, 5) is 18.4. The Kier molecular flexibility index (Phi) is 3.85. The molecule has 0 atom stereocenters. The van der Waals surface area contributed by atoms with Crippen molar-refractivity contribution >= 4 is 11.7 Å². The Morgan fingerprint density at radius 2 is 2.28 bits per heavy atom. The van der Waals surface area contributed by atoms with Crippen LogP contribution in [0.15, 0.2) is 24.5 Å². The van der Waals surface area contributed by atoms with Crippen LogP contribution in [0, 0.1) is 0 Å². The van der Waals surface area contributed by atoms with Crippen LogP contribution in [0.4, 0.5) is 5.82 Å². The fraction of sp³-hybridized carbons (Fsp3) is 0.273. The molecule has 0 aliphatic heterocycles. The number of carbonyl (C=O) groups excluding carboxylic acids is 1. The maximum atomic E-state index is 11.2. The number of imidazole rings is 1. The number of aromatic nitrogens is 4. The minimum atomic E-state index is -0.246. The Bertz CT molecular complexity index is 493. The molecule has 0 fully saturated rings. The van der Waals surface area contributed by atoms with Crippen LogP contribution in [-0.2, 0) is 6.42 Å². The van der Waals surface area contributed by atoms with E-state index < -0.39 is 0 Å². The van der Waals surface area contributed by atoms with Crippen molar-refractivity contribution in [3.63, 3.8) is 0 Å². The normalized spacial score (nSPS) is 10.1. The van der Waals surface area contributed by atoms with Gasteiger partial charge in [0, 0.05) is 32.4 Å². The third-order valence-corrected chi connectivity index (χ3v) is 2.35. The maximum absolute atomic E-state index is 11.2. The number of hydrogen-bond donors (Lipinski definition) is 3. The number of hydrogen-bond acceptors (Lipinski definition) is 5. The summed E-state index contributed by atoms with van der Waals surface area (Å²) in [5.41, 5.74) is 0.300. The van der Waals surface area contributed by atoms with E-state index in [1.807, 2.05) is 0 Å². The van der Waals surface area contributed by atoms with Crippen molar-refractivity contribution in [1.82, 2.24) is 25.5 Å². The van der Waals surface area contributed by atoms with Crippen molar-refractivity contribution in [3.8, 4) is 0 Å². The van der Waals surface area contributed by atoms with Crippen LogP contribution < -0.4 is 10.6 Å². The summed E-state index contributed by atoms with van der Waals surface area (Å²) in [6.07, 6.45) is 4.27. The second-order valence-electron chi connectivity index (χ2n) is 3.60. The largest absolute Gasteiger partial charge is 0.368 e. The highest BCUT2D eigenvalue weighted by Crippen LogP contribution is 2.02. The van der Waals surface area contributed by atoms with E-state index in [2.05, 4.69) is 30.8 Å². The highest BCUT2D eigenvalue weighted by Gasteiger charge is 2.05. The minimum absolute atomic E-state index is 0.246. The van der Waals surface area contributed by atoms with Gasteiger partial charge in [-0.15, -0.1) is 10.2 Å². The number of H-pyrrole nitrogens is 1. The van der Waals surface area contributed by atoms with Crippen molar-refractivity contribution in [2.24, 2.45) is 0 Å². The SMILES string of the molecule is CNC(=O)c1ccc(NCCc2ncc[nH]2)nn1. The topological polar surface area (TPSA) is 95.6 Å². The van der Waals surface area contributed by atoms with Crippen molar-refractivity contribution in [2.75, 3.05) is 18.9 Å². The van der Waals surface area contributed by atoms with E-state index in [1.54, 1.807) is 31.6 Å². The molecule has 0 saturated heterocycles. The smallest absolute Gasteiger partial charge is 0.271 e. The molecule has 0 radical (unpaired) electrons. The van der Waals surface area contributed by atoms with Gasteiger partial charge in [-0.1, -0.05) is 0 Å². The van der Waals surface area contributed by atoms with Gasteiger partial charge in [-0.25, -0.2) is 4.98 Å². The Balaban J connectivity index is 1.85. The van der Waals surface area contributed by atoms with E-state index >= 15 is 0 Å². The average Bonchev–Trinajstić information content (AvgIpc) is 2.92. The number of anilines is 1. The summed E-state index contributed by atoms with van der Waals surface area (Å²) >= 11 is 0. The number of aromatic amines is 1. The second-order valence-corrected chi connectivity index (χ2v) is 3.60. The van der Waals surface area contributed by atoms with Crippen molar-refractivity contribution in [2.45, 2.75) is 6.42 Å². The number of rotatable bonds is 5. The lowest BCUT2D eigenvalue weighted by atomic mass is 10.3. The average molecular weight is 246 g/mol. The van der Waals surface area contributed by atoms with Gasteiger partial charge in [-0.2, -0.15) is 0 Å². The molecule has 2 heterocycles. The van der Waals surface area contributed by atoms with Crippen LogP contribution in [0.1, 0.15) is 16.3 Å². The van der Waals surface area contributed by atoms with E-state index in [1.165, 1.54) is 0 Å². The Labute approximate surface area is 104 Å². The lowest BCUT2D eigenvalue weighted by Crippen LogP contribution is -2.20. The first-order chi connectivity index (χ1) is 8.79. The van der Waals surface area contributed by atoms with Gasteiger partial charge in [-0.05, 0) is 12.1 Å². The van der Waals surface area contributed by atoms with Gasteiger partial charge in [-0.3, -0.25) is 4.79 Å². The van der Waals surface area contributed by atoms with Crippen molar-refractivity contribution in [3.05, 3.63) is 36.0 Å². The minimum Gasteiger partial charge on any atom is -0.368 e. The third kappa shape index (κ3) is 3.03. The maximum Gasteiger partial charge on any atom is 0.271 e. The van der Waals surface area contributed by atoms with Crippen molar-refractivity contribution < 1.29 is 4.79 Å². The summed E-state index contributed by atoms with van der Waals surface area (Å²) in [6, 6.07) is 3.35. The van der Waals surface area contributed by atoms with Gasteiger partial charge in [0.2, 0.25) is 0 Å². The molecule has 0 aliphatic carbocycles. The Morgan fingerprint density at radius 1 is 1.39 bits per heavy atom. The molecule has 0 unspecified atom stereocenters. The highest BCUT2D eigenvalue weighted by molar-refractivity contribution is 5.91. The molecule has 7 heteroatoms. The highest BCUT2D eigenvalue weighted by atomic mass is 16.1. The predicted octanol–water partition coefficient (Wildman–Crippen LogP) is 0.214.